The second-order valence-corrected chi connectivity index (χ2v) is 23.3. The number of esters is 1. The third-order valence-electron chi connectivity index (χ3n) is 17.0. The first-order valence-corrected chi connectivity index (χ1v) is 26.2. The van der Waals surface area contributed by atoms with E-state index in [2.05, 4.69) is 30.9 Å². The Morgan fingerprint density at radius 1 is 0.932 bits per heavy atom. The fraction of sp³-hybridized carbons (Fsp3) is 0.542. The van der Waals surface area contributed by atoms with Crippen molar-refractivity contribution in [1.82, 2.24) is 4.90 Å². The standard InChI is InChI=1S/C59H70N2O13/c1-29(2)15-14-22-57(10)23-21-35-48(72-57)34(19-18-30(3)4)50-41(49(35)70-54-47(64)46(63)51-37(69-54)28-68-56(8,9)71-51)44-42-39(40-43(61(44)26-25-60)32-16-12-13-17-33(32)45(40)62)36-27-38-55(6,7)74-58(52(36)65,59(38,42)73-50)24-20-31(5)53(66)67-11/h12-13,15-18,20-21,23,36-39,46-47,51,54,63-64H,14,19,22,24-28,60H2,1-11H3/t36?,37-,38?,39?,46-,47-,51-,54+,57?,58?,59?/m0/s1. The number of rotatable bonds is 12. The van der Waals surface area contributed by atoms with Crippen molar-refractivity contribution in [2.24, 2.45) is 23.5 Å². The number of methoxy groups -OCH3 is 1. The summed E-state index contributed by atoms with van der Waals surface area (Å²) in [6.45, 7) is 19.8. The van der Waals surface area contributed by atoms with Gasteiger partial charge in [0.2, 0.25) is 6.29 Å². The van der Waals surface area contributed by atoms with Crippen molar-refractivity contribution in [3.8, 4) is 17.2 Å². The van der Waals surface area contributed by atoms with E-state index in [1.165, 1.54) is 12.7 Å². The van der Waals surface area contributed by atoms with Gasteiger partial charge in [0.25, 0.3) is 0 Å². The summed E-state index contributed by atoms with van der Waals surface area (Å²) in [6, 6.07) is 7.53. The SMILES string of the molecule is COC(=O)C(C)=CCC12OC(C)(C)C3CC(C1=O)C1C4=C(c5ccccc5C4=O)N(CCN)C4=C1C32Oc1c(CC=C(C)C)c2c(c(O[C@H]3O[C@H]5COC(C)(C)O[C@@H]5[C@@H](O)[C@@H]3O)c14)C=CC(C)(CCC=C(C)C)O2. The smallest absolute Gasteiger partial charge is 0.333 e. The molecule has 6 fully saturated rings. The molecule has 4 aliphatic carbocycles. The van der Waals surface area contributed by atoms with E-state index in [1.807, 2.05) is 71.0 Å². The van der Waals surface area contributed by atoms with E-state index < -0.39 is 82.6 Å². The molecule has 4 N–H and O–H groups in total. The van der Waals surface area contributed by atoms with Crippen molar-refractivity contribution in [1.29, 1.82) is 0 Å². The fourth-order valence-electron chi connectivity index (χ4n) is 13.8. The van der Waals surface area contributed by atoms with E-state index in [1.54, 1.807) is 26.8 Å². The van der Waals surface area contributed by atoms with Crippen molar-refractivity contribution in [2.45, 2.75) is 160 Å². The Morgan fingerprint density at radius 2 is 1.66 bits per heavy atom. The highest BCUT2D eigenvalue weighted by atomic mass is 16.8. The molecule has 0 aromatic heterocycles. The van der Waals surface area contributed by atoms with Gasteiger partial charge < -0.3 is 58.7 Å². The highest BCUT2D eigenvalue weighted by Gasteiger charge is 2.84. The number of carbonyl (C=O) groups excluding carboxylic acids is 3. The van der Waals surface area contributed by atoms with E-state index >= 15 is 9.59 Å². The van der Waals surface area contributed by atoms with Gasteiger partial charge in [-0.15, -0.1) is 0 Å². The molecule has 6 aliphatic heterocycles. The fourth-order valence-corrected chi connectivity index (χ4v) is 13.8. The van der Waals surface area contributed by atoms with Gasteiger partial charge in [0.15, 0.2) is 28.6 Å². The molecular weight excluding hydrogens is 945 g/mol. The Labute approximate surface area is 433 Å². The summed E-state index contributed by atoms with van der Waals surface area (Å²) >= 11 is 0. The first-order valence-electron chi connectivity index (χ1n) is 26.2. The average Bonchev–Trinajstić information content (AvgIpc) is 3.91. The number of ether oxygens (including phenoxy) is 8. The predicted octanol–water partition coefficient (Wildman–Crippen LogP) is 7.70. The number of hydrogen-bond donors (Lipinski definition) is 3. The Hall–Kier alpha value is -5.39. The molecule has 2 aromatic carbocycles. The van der Waals surface area contributed by atoms with Gasteiger partial charge in [-0.2, -0.15) is 0 Å². The summed E-state index contributed by atoms with van der Waals surface area (Å²) in [4.78, 5) is 46.7. The summed E-state index contributed by atoms with van der Waals surface area (Å²) in [5.41, 5.74) is 9.61. The lowest BCUT2D eigenvalue weighted by atomic mass is 9.44. The van der Waals surface area contributed by atoms with Crippen LogP contribution in [0.3, 0.4) is 0 Å². The lowest BCUT2D eigenvalue weighted by Crippen LogP contribution is -2.75. The molecule has 74 heavy (non-hydrogen) atoms. The van der Waals surface area contributed by atoms with Crippen molar-refractivity contribution < 1.29 is 62.5 Å². The Bertz CT molecular complexity index is 2970. The number of allylic oxidation sites excluding steroid dienone is 5. The van der Waals surface area contributed by atoms with Gasteiger partial charge in [0.1, 0.15) is 47.3 Å². The Morgan fingerprint density at radius 3 is 2.36 bits per heavy atom. The van der Waals surface area contributed by atoms with Crippen LogP contribution in [0.4, 0.5) is 0 Å². The number of aliphatic hydroxyl groups is 2. The van der Waals surface area contributed by atoms with Crippen LogP contribution in [0.5, 0.6) is 17.2 Å². The summed E-state index contributed by atoms with van der Waals surface area (Å²) in [5, 5.41) is 24.0. The van der Waals surface area contributed by atoms with Crippen molar-refractivity contribution in [3.05, 3.63) is 104 Å². The molecule has 0 radical (unpaired) electrons. The van der Waals surface area contributed by atoms with Gasteiger partial charge in [-0.05, 0) is 107 Å². The van der Waals surface area contributed by atoms with Crippen LogP contribution < -0.4 is 19.9 Å². The molecule has 394 valence electrons. The van der Waals surface area contributed by atoms with E-state index in [9.17, 15) is 15.0 Å². The molecular formula is C59H70N2O13. The second kappa shape index (κ2) is 17.6. The predicted molar refractivity (Wildman–Crippen MR) is 275 cm³/mol. The molecule has 3 saturated carbocycles. The van der Waals surface area contributed by atoms with Crippen LogP contribution in [0.15, 0.2) is 76.4 Å². The van der Waals surface area contributed by atoms with E-state index in [4.69, 9.17) is 43.6 Å². The summed E-state index contributed by atoms with van der Waals surface area (Å²) < 4.78 is 54.0. The number of nitrogens with two attached hydrogens (primary N) is 1. The van der Waals surface area contributed by atoms with Crippen molar-refractivity contribution >= 4 is 35.0 Å². The zero-order chi connectivity index (χ0) is 52.8. The van der Waals surface area contributed by atoms with Crippen LogP contribution in [-0.2, 0) is 39.7 Å². The monoisotopic (exact) mass is 1010 g/mol. The molecule has 15 nitrogen and oxygen atoms in total. The lowest BCUT2D eigenvalue weighted by Gasteiger charge is -2.63. The van der Waals surface area contributed by atoms with Crippen LogP contribution in [0.1, 0.15) is 128 Å². The third kappa shape index (κ3) is 7.27. The molecule has 0 amide bonds. The maximum absolute atomic E-state index is 16.2. The maximum Gasteiger partial charge on any atom is 0.333 e. The highest BCUT2D eigenvalue weighted by Crippen LogP contribution is 2.75. The first kappa shape index (κ1) is 50.8. The molecule has 12 rings (SSSR count). The van der Waals surface area contributed by atoms with Crippen LogP contribution in [-0.4, -0.2) is 118 Å². The lowest BCUT2D eigenvalue weighted by molar-refractivity contribution is -0.373. The summed E-state index contributed by atoms with van der Waals surface area (Å²) in [7, 11) is 1.32. The summed E-state index contributed by atoms with van der Waals surface area (Å²) in [5.74, 6) is -2.84. The number of carbonyl (C=O) groups is 3. The topological polar surface area (TPSA) is 195 Å². The van der Waals surface area contributed by atoms with Gasteiger partial charge in [0.05, 0.1) is 41.8 Å². The number of Topliss-reactive ketones (excluding diaryl/α,β-unsaturated/α-hetero) is 2. The van der Waals surface area contributed by atoms with E-state index in [-0.39, 0.29) is 43.4 Å². The van der Waals surface area contributed by atoms with Crippen LogP contribution in [0.25, 0.3) is 17.5 Å². The number of hydrogen-bond acceptors (Lipinski definition) is 15. The molecule has 2 aromatic rings. The zero-order valence-corrected chi connectivity index (χ0v) is 44.4. The van der Waals surface area contributed by atoms with Gasteiger partial charge in [-0.1, -0.05) is 53.6 Å². The Kier molecular flexibility index (Phi) is 12.1. The molecule has 1 spiro atoms. The van der Waals surface area contributed by atoms with Crippen molar-refractivity contribution in [2.75, 3.05) is 26.8 Å². The number of fused-ring (bicyclic) bond motifs is 6. The van der Waals surface area contributed by atoms with Crippen molar-refractivity contribution in [3.63, 3.8) is 0 Å². The van der Waals surface area contributed by atoms with Gasteiger partial charge in [-0.25, -0.2) is 4.79 Å². The highest BCUT2D eigenvalue weighted by molar-refractivity contribution is 6.23. The van der Waals surface area contributed by atoms with Crippen LogP contribution >= 0.6 is 0 Å². The largest absolute Gasteiger partial charge is 0.482 e. The number of benzene rings is 2. The number of ketones is 2. The first-order chi connectivity index (χ1) is 35.0. The quantitative estimate of drug-likeness (QED) is 0.106. The molecule has 6 unspecified atom stereocenters. The minimum atomic E-state index is -1.71. The maximum atomic E-state index is 16.2. The molecule has 11 atom stereocenters. The third-order valence-corrected chi connectivity index (χ3v) is 17.0. The molecule has 10 aliphatic rings. The van der Waals surface area contributed by atoms with Crippen LogP contribution in [0.2, 0.25) is 0 Å². The molecule has 3 saturated heterocycles. The van der Waals surface area contributed by atoms with Gasteiger partial charge >= 0.3 is 5.97 Å². The minimum Gasteiger partial charge on any atom is -0.482 e. The van der Waals surface area contributed by atoms with E-state index in [0.29, 0.717) is 81.1 Å². The Balaban J connectivity index is 1.24. The molecule has 6 heterocycles. The molecule has 15 heteroatoms. The van der Waals surface area contributed by atoms with Gasteiger partial charge in [-0.3, -0.25) is 9.59 Å². The number of nitrogens with zero attached hydrogens (tertiary/aromatic N) is 1. The summed E-state index contributed by atoms with van der Waals surface area (Å²) in [6.07, 6.45) is 5.80. The second-order valence-electron chi connectivity index (χ2n) is 23.3. The average molecular weight is 1020 g/mol. The van der Waals surface area contributed by atoms with Crippen LogP contribution in [0, 0.1) is 17.8 Å². The van der Waals surface area contributed by atoms with E-state index in [0.717, 1.165) is 17.6 Å². The number of aliphatic hydroxyl groups excluding tert-OH is 2. The normalized spacial score (nSPS) is 34.1. The zero-order valence-electron chi connectivity index (χ0n) is 44.4. The molecule has 4 bridgehead atoms. The van der Waals surface area contributed by atoms with Gasteiger partial charge in [0, 0.05) is 70.7 Å². The minimum absolute atomic E-state index is 0.0399.